The molecule has 1 unspecified atom stereocenters. The Hall–Kier alpha value is -4.08. The summed E-state index contributed by atoms with van der Waals surface area (Å²) in [5, 5.41) is 16.8. The number of aromatic carboxylic acids is 1. The number of halogens is 1. The molecule has 2 aromatic carbocycles. The zero-order valence-corrected chi connectivity index (χ0v) is 18.2. The molecule has 1 atom stereocenters. The summed E-state index contributed by atoms with van der Waals surface area (Å²) in [6.45, 7) is 5.85. The molecule has 0 aliphatic rings. The van der Waals surface area contributed by atoms with Gasteiger partial charge in [0, 0.05) is 17.0 Å². The van der Waals surface area contributed by atoms with Gasteiger partial charge < -0.3 is 18.9 Å². The normalized spacial score (nSPS) is 12.2. The molecular weight excluding hydrogens is 431 g/mol. The van der Waals surface area contributed by atoms with E-state index in [1.54, 1.807) is 12.1 Å². The average Bonchev–Trinajstić information content (AvgIpc) is 3.48. The van der Waals surface area contributed by atoms with Crippen molar-refractivity contribution in [2.45, 2.75) is 39.2 Å². The fraction of sp³-hybridized carbons (Fsp3) is 0.261. The van der Waals surface area contributed by atoms with E-state index in [1.165, 1.54) is 6.07 Å². The van der Waals surface area contributed by atoms with Gasteiger partial charge in [0.25, 0.3) is 5.89 Å². The summed E-state index contributed by atoms with van der Waals surface area (Å²) in [7, 11) is 0. The molecule has 0 aliphatic carbocycles. The number of ether oxygens (including phenoxy) is 1. The van der Waals surface area contributed by atoms with Crippen LogP contribution in [0.3, 0.4) is 0 Å². The van der Waals surface area contributed by atoms with Crippen molar-refractivity contribution in [1.82, 2.24) is 20.3 Å². The van der Waals surface area contributed by atoms with Gasteiger partial charge >= 0.3 is 5.97 Å². The lowest BCUT2D eigenvalue weighted by Gasteiger charge is -2.13. The molecule has 4 aromatic rings. The van der Waals surface area contributed by atoms with E-state index in [-0.39, 0.29) is 17.6 Å². The Labute approximate surface area is 188 Å². The number of hydrogen-bond acceptors (Lipinski definition) is 8. The van der Waals surface area contributed by atoms with Gasteiger partial charge in [0.15, 0.2) is 6.10 Å². The Bertz CT molecular complexity index is 1270. The molecule has 0 aliphatic heterocycles. The lowest BCUT2D eigenvalue weighted by atomic mass is 10.1. The third-order valence-corrected chi connectivity index (χ3v) is 4.87. The van der Waals surface area contributed by atoms with E-state index in [9.17, 15) is 9.18 Å². The number of rotatable bonds is 8. The predicted octanol–water partition coefficient (Wildman–Crippen LogP) is 5.28. The van der Waals surface area contributed by atoms with Crippen molar-refractivity contribution in [3.05, 3.63) is 65.6 Å². The first-order valence-corrected chi connectivity index (χ1v) is 10.3. The first-order valence-electron chi connectivity index (χ1n) is 10.3. The zero-order chi connectivity index (χ0) is 23.5. The Morgan fingerprint density at radius 2 is 1.61 bits per heavy atom. The average molecular weight is 452 g/mol. The highest BCUT2D eigenvalue weighted by Crippen LogP contribution is 2.28. The summed E-state index contributed by atoms with van der Waals surface area (Å²) < 4.78 is 30.6. The molecule has 33 heavy (non-hydrogen) atoms. The second-order valence-electron chi connectivity index (χ2n) is 7.61. The van der Waals surface area contributed by atoms with Crippen LogP contribution in [0.2, 0.25) is 0 Å². The van der Waals surface area contributed by atoms with Gasteiger partial charge in [0.1, 0.15) is 11.6 Å². The fourth-order valence-corrected chi connectivity index (χ4v) is 3.05. The van der Waals surface area contributed by atoms with Gasteiger partial charge in [-0.05, 0) is 48.9 Å². The Morgan fingerprint density at radius 1 is 1.00 bits per heavy atom. The SMILES string of the molecule is CCC(Oc1ccc(-c2noc(C(C)C)n2)cc1)c1nc(-c2ccc(C(=O)O)c(F)c2)no1. The minimum absolute atomic E-state index is 0.135. The third-order valence-electron chi connectivity index (χ3n) is 4.87. The van der Waals surface area contributed by atoms with Crippen molar-refractivity contribution in [3.63, 3.8) is 0 Å². The van der Waals surface area contributed by atoms with Gasteiger partial charge in [0.2, 0.25) is 17.5 Å². The van der Waals surface area contributed by atoms with E-state index < -0.39 is 23.5 Å². The molecule has 1 N–H and O–H groups in total. The number of benzene rings is 2. The van der Waals surface area contributed by atoms with E-state index in [1.807, 2.05) is 32.9 Å². The maximum absolute atomic E-state index is 14.0. The van der Waals surface area contributed by atoms with Crippen LogP contribution in [0.1, 0.15) is 61.4 Å². The molecule has 9 nitrogen and oxygen atoms in total. The smallest absolute Gasteiger partial charge is 0.338 e. The molecule has 0 amide bonds. The van der Waals surface area contributed by atoms with E-state index in [2.05, 4.69) is 20.3 Å². The molecule has 0 saturated carbocycles. The molecule has 170 valence electrons. The minimum Gasteiger partial charge on any atom is -0.481 e. The second kappa shape index (κ2) is 9.19. The molecule has 0 spiro atoms. The van der Waals surface area contributed by atoms with Crippen molar-refractivity contribution in [3.8, 4) is 28.5 Å². The molecular formula is C23H21FN4O5. The Kier molecular flexibility index (Phi) is 6.16. The summed E-state index contributed by atoms with van der Waals surface area (Å²) >= 11 is 0. The predicted molar refractivity (Wildman–Crippen MR) is 114 cm³/mol. The van der Waals surface area contributed by atoms with Crippen molar-refractivity contribution in [2.75, 3.05) is 0 Å². The van der Waals surface area contributed by atoms with E-state index in [4.69, 9.17) is 18.9 Å². The van der Waals surface area contributed by atoms with E-state index in [0.717, 1.165) is 17.7 Å². The van der Waals surface area contributed by atoms with Crippen LogP contribution >= 0.6 is 0 Å². The molecule has 4 rings (SSSR count). The number of carboxylic acid groups (broad SMARTS) is 1. The number of aromatic nitrogens is 4. The molecule has 0 saturated heterocycles. The summed E-state index contributed by atoms with van der Waals surface area (Å²) in [5.41, 5.74) is 0.660. The molecule has 0 radical (unpaired) electrons. The molecule has 2 aromatic heterocycles. The summed E-state index contributed by atoms with van der Waals surface area (Å²) in [5.74, 6) is -0.0777. The van der Waals surface area contributed by atoms with Gasteiger partial charge in [-0.1, -0.05) is 31.1 Å². The lowest BCUT2D eigenvalue weighted by molar-refractivity contribution is 0.0692. The van der Waals surface area contributed by atoms with Crippen LogP contribution in [-0.4, -0.2) is 31.4 Å². The Balaban J connectivity index is 1.49. The van der Waals surface area contributed by atoms with Crippen molar-refractivity contribution >= 4 is 5.97 Å². The van der Waals surface area contributed by atoms with Crippen LogP contribution in [-0.2, 0) is 0 Å². The van der Waals surface area contributed by atoms with Crippen LogP contribution in [0.25, 0.3) is 22.8 Å². The number of hydrogen-bond donors (Lipinski definition) is 1. The van der Waals surface area contributed by atoms with Crippen LogP contribution in [0.4, 0.5) is 4.39 Å². The number of carbonyl (C=O) groups is 1. The van der Waals surface area contributed by atoms with Crippen molar-refractivity contribution < 1.29 is 28.1 Å². The molecule has 10 heteroatoms. The topological polar surface area (TPSA) is 124 Å². The fourth-order valence-electron chi connectivity index (χ4n) is 3.05. The van der Waals surface area contributed by atoms with Crippen molar-refractivity contribution in [2.24, 2.45) is 0 Å². The summed E-state index contributed by atoms with van der Waals surface area (Å²) in [6.07, 6.45) is 0.0103. The Morgan fingerprint density at radius 3 is 2.18 bits per heavy atom. The molecule has 0 fully saturated rings. The van der Waals surface area contributed by atoms with Crippen LogP contribution < -0.4 is 4.74 Å². The highest BCUT2D eigenvalue weighted by atomic mass is 19.1. The standard InChI is InChI=1S/C23H21FN4O5/c1-4-18(22-26-20(28-33-22)14-7-10-16(23(29)30)17(24)11-14)31-15-8-5-13(6-9-15)19-25-21(12(2)3)32-27-19/h5-12,18H,4H2,1-3H3,(H,29,30). The second-order valence-corrected chi connectivity index (χ2v) is 7.61. The quantitative estimate of drug-likeness (QED) is 0.380. The van der Waals surface area contributed by atoms with Crippen LogP contribution in [0, 0.1) is 5.82 Å². The molecule has 2 heterocycles. The van der Waals surface area contributed by atoms with E-state index in [0.29, 0.717) is 29.4 Å². The monoisotopic (exact) mass is 452 g/mol. The lowest BCUT2D eigenvalue weighted by Crippen LogP contribution is -2.07. The van der Waals surface area contributed by atoms with Crippen molar-refractivity contribution in [1.29, 1.82) is 0 Å². The third kappa shape index (κ3) is 4.74. The summed E-state index contributed by atoms with van der Waals surface area (Å²) in [6, 6.07) is 10.8. The summed E-state index contributed by atoms with van der Waals surface area (Å²) in [4.78, 5) is 19.7. The van der Waals surface area contributed by atoms with Gasteiger partial charge in [-0.25, -0.2) is 9.18 Å². The first-order chi connectivity index (χ1) is 15.9. The van der Waals surface area contributed by atoms with Gasteiger partial charge in [-0.3, -0.25) is 0 Å². The number of carboxylic acids is 1. The largest absolute Gasteiger partial charge is 0.481 e. The highest BCUT2D eigenvalue weighted by Gasteiger charge is 2.21. The first kappa shape index (κ1) is 22.1. The van der Waals surface area contributed by atoms with Crippen LogP contribution in [0.5, 0.6) is 5.75 Å². The van der Waals surface area contributed by atoms with E-state index >= 15 is 0 Å². The maximum Gasteiger partial charge on any atom is 0.338 e. The highest BCUT2D eigenvalue weighted by molar-refractivity contribution is 5.88. The van der Waals surface area contributed by atoms with Gasteiger partial charge in [-0.2, -0.15) is 9.97 Å². The van der Waals surface area contributed by atoms with Crippen LogP contribution in [0.15, 0.2) is 51.5 Å². The minimum atomic E-state index is -1.35. The van der Waals surface area contributed by atoms with Gasteiger partial charge in [0.05, 0.1) is 5.56 Å². The zero-order valence-electron chi connectivity index (χ0n) is 18.2. The maximum atomic E-state index is 14.0. The number of nitrogens with zero attached hydrogens (tertiary/aromatic N) is 4. The molecule has 0 bridgehead atoms. The van der Waals surface area contributed by atoms with Gasteiger partial charge in [-0.15, -0.1) is 0 Å².